The van der Waals surface area contributed by atoms with E-state index >= 15 is 0 Å². The molecule has 1 unspecified atom stereocenters. The number of aromatic nitrogens is 2. The number of hydrogen-bond donors (Lipinski definition) is 0. The maximum absolute atomic E-state index is 13.0. The third kappa shape index (κ3) is 3.43. The molecule has 0 saturated carbocycles. The fraction of sp³-hybridized carbons (Fsp3) is 0.600. The normalized spacial score (nSPS) is 26.9. The van der Waals surface area contributed by atoms with E-state index in [-0.39, 0.29) is 0 Å². The summed E-state index contributed by atoms with van der Waals surface area (Å²) in [6.45, 7) is 9.37. The van der Waals surface area contributed by atoms with Crippen molar-refractivity contribution in [3.63, 3.8) is 0 Å². The van der Waals surface area contributed by atoms with Gasteiger partial charge in [0.15, 0.2) is 5.82 Å². The van der Waals surface area contributed by atoms with Crippen LogP contribution in [0.2, 0.25) is 0 Å². The smallest absolute Gasteiger partial charge is 0.225 e. The Labute approximate surface area is 129 Å². The summed E-state index contributed by atoms with van der Waals surface area (Å²) in [6.07, 6.45) is 4.28. The van der Waals surface area contributed by atoms with Crippen molar-refractivity contribution in [2.45, 2.75) is 5.60 Å². The van der Waals surface area contributed by atoms with E-state index in [1.54, 1.807) is 0 Å². The Morgan fingerprint density at radius 2 is 2.09 bits per heavy atom. The highest BCUT2D eigenvalue weighted by molar-refractivity contribution is 5.31. The zero-order valence-electron chi connectivity index (χ0n) is 12.6. The molecule has 1 spiro atoms. The molecule has 1 aromatic rings. The van der Waals surface area contributed by atoms with Crippen molar-refractivity contribution in [3.8, 4) is 0 Å². The molecule has 0 aliphatic carbocycles. The fourth-order valence-electron chi connectivity index (χ4n) is 2.99. The van der Waals surface area contributed by atoms with E-state index in [0.717, 1.165) is 19.6 Å². The summed E-state index contributed by atoms with van der Waals surface area (Å²) in [6, 6.07) is 0. The molecule has 0 amide bonds. The third-order valence-corrected chi connectivity index (χ3v) is 3.95. The molecule has 22 heavy (non-hydrogen) atoms. The Kier molecular flexibility index (Phi) is 4.66. The molecule has 0 N–H and O–H groups in total. The maximum Gasteiger partial charge on any atom is 0.225 e. The van der Waals surface area contributed by atoms with Gasteiger partial charge in [-0.25, -0.2) is 14.4 Å². The van der Waals surface area contributed by atoms with Gasteiger partial charge in [-0.15, -0.1) is 6.58 Å². The molecule has 2 fully saturated rings. The molecule has 0 bridgehead atoms. The molecular formula is C15H21FN4O2. The van der Waals surface area contributed by atoms with Crippen molar-refractivity contribution in [2.24, 2.45) is 0 Å². The van der Waals surface area contributed by atoms with Gasteiger partial charge in [0.2, 0.25) is 5.95 Å². The van der Waals surface area contributed by atoms with E-state index in [1.807, 2.05) is 11.0 Å². The lowest BCUT2D eigenvalue weighted by atomic mass is 10.0. The van der Waals surface area contributed by atoms with E-state index < -0.39 is 11.4 Å². The quantitative estimate of drug-likeness (QED) is 0.767. The first kappa shape index (κ1) is 15.3. The maximum atomic E-state index is 13.0. The van der Waals surface area contributed by atoms with Crippen LogP contribution in [0, 0.1) is 5.82 Å². The molecule has 0 aromatic carbocycles. The summed E-state index contributed by atoms with van der Waals surface area (Å²) in [5.74, 6) is 0.102. The van der Waals surface area contributed by atoms with Crippen LogP contribution in [0.3, 0.4) is 0 Å². The summed E-state index contributed by atoms with van der Waals surface area (Å²) in [7, 11) is 0. The van der Waals surface area contributed by atoms with Gasteiger partial charge in [-0.05, 0) is 0 Å². The zero-order chi connectivity index (χ0) is 15.4. The van der Waals surface area contributed by atoms with Crippen LogP contribution >= 0.6 is 0 Å². The van der Waals surface area contributed by atoms with Gasteiger partial charge in [0.1, 0.15) is 5.60 Å². The second-order valence-electron chi connectivity index (χ2n) is 5.73. The Bertz CT molecular complexity index is 513. The Hall–Kier alpha value is -1.57. The standard InChI is InChI=1S/C15H21FN4O2/c1-2-3-19-4-6-21-12-15(10-19)11-20(5-7-22-15)14-17-8-13(16)9-18-14/h2,8-9H,1,3-7,10-12H2. The second kappa shape index (κ2) is 6.68. The molecule has 1 atom stereocenters. The van der Waals surface area contributed by atoms with Crippen LogP contribution in [0.25, 0.3) is 0 Å². The van der Waals surface area contributed by atoms with Crippen LogP contribution in [-0.4, -0.2) is 73.0 Å². The average Bonchev–Trinajstić information content (AvgIpc) is 2.71. The van der Waals surface area contributed by atoms with Gasteiger partial charge in [-0.1, -0.05) is 6.08 Å². The predicted octanol–water partition coefficient (Wildman–Crippen LogP) is 0.709. The van der Waals surface area contributed by atoms with Gasteiger partial charge in [0, 0.05) is 26.2 Å². The Balaban J connectivity index is 1.75. The molecule has 3 rings (SSSR count). The number of hydrogen-bond acceptors (Lipinski definition) is 6. The highest BCUT2D eigenvalue weighted by atomic mass is 19.1. The number of halogens is 1. The number of anilines is 1. The first-order valence-corrected chi connectivity index (χ1v) is 7.48. The zero-order valence-corrected chi connectivity index (χ0v) is 12.6. The largest absolute Gasteiger partial charge is 0.377 e. The van der Waals surface area contributed by atoms with Gasteiger partial charge >= 0.3 is 0 Å². The van der Waals surface area contributed by atoms with Gasteiger partial charge in [-0.3, -0.25) is 4.90 Å². The van der Waals surface area contributed by atoms with Crippen molar-refractivity contribution in [1.29, 1.82) is 0 Å². The molecule has 2 aliphatic rings. The highest BCUT2D eigenvalue weighted by Gasteiger charge is 2.40. The van der Waals surface area contributed by atoms with E-state index in [0.29, 0.717) is 38.9 Å². The lowest BCUT2D eigenvalue weighted by Gasteiger charge is -2.43. The lowest BCUT2D eigenvalue weighted by molar-refractivity contribution is -0.0992. The predicted molar refractivity (Wildman–Crippen MR) is 80.3 cm³/mol. The SMILES string of the molecule is C=CCN1CCOCC2(C1)CN(c1ncc(F)cn1)CCO2. The number of nitrogens with zero attached hydrogens (tertiary/aromatic N) is 4. The monoisotopic (exact) mass is 308 g/mol. The number of morpholine rings is 1. The minimum absolute atomic E-state index is 0.407. The van der Waals surface area contributed by atoms with Gasteiger partial charge in [0.25, 0.3) is 0 Å². The van der Waals surface area contributed by atoms with Crippen LogP contribution in [0.4, 0.5) is 10.3 Å². The van der Waals surface area contributed by atoms with Crippen molar-refractivity contribution in [1.82, 2.24) is 14.9 Å². The van der Waals surface area contributed by atoms with Gasteiger partial charge in [-0.2, -0.15) is 0 Å². The van der Waals surface area contributed by atoms with E-state index in [2.05, 4.69) is 21.4 Å². The van der Waals surface area contributed by atoms with Crippen LogP contribution in [0.1, 0.15) is 0 Å². The van der Waals surface area contributed by atoms with Crippen molar-refractivity contribution in [3.05, 3.63) is 30.9 Å². The fourth-order valence-corrected chi connectivity index (χ4v) is 2.99. The topological polar surface area (TPSA) is 50.7 Å². The minimum atomic E-state index is -0.429. The second-order valence-corrected chi connectivity index (χ2v) is 5.73. The van der Waals surface area contributed by atoms with E-state index in [1.165, 1.54) is 12.4 Å². The average molecular weight is 308 g/mol. The van der Waals surface area contributed by atoms with Crippen LogP contribution in [-0.2, 0) is 9.47 Å². The summed E-state index contributed by atoms with van der Waals surface area (Å²) in [4.78, 5) is 12.4. The summed E-state index contributed by atoms with van der Waals surface area (Å²) in [5.41, 5.74) is -0.407. The minimum Gasteiger partial charge on any atom is -0.377 e. The van der Waals surface area contributed by atoms with Crippen LogP contribution in [0.15, 0.2) is 25.0 Å². The molecule has 3 heterocycles. The molecule has 0 radical (unpaired) electrons. The molecular weight excluding hydrogens is 287 g/mol. The van der Waals surface area contributed by atoms with Crippen LogP contribution < -0.4 is 4.90 Å². The molecule has 1 aromatic heterocycles. The molecule has 120 valence electrons. The van der Waals surface area contributed by atoms with Crippen molar-refractivity contribution < 1.29 is 13.9 Å². The first-order chi connectivity index (χ1) is 10.7. The number of ether oxygens (including phenoxy) is 2. The third-order valence-electron chi connectivity index (χ3n) is 3.95. The first-order valence-electron chi connectivity index (χ1n) is 7.48. The van der Waals surface area contributed by atoms with E-state index in [4.69, 9.17) is 9.47 Å². The molecule has 2 aliphatic heterocycles. The summed E-state index contributed by atoms with van der Waals surface area (Å²) in [5, 5.41) is 0. The number of rotatable bonds is 3. The van der Waals surface area contributed by atoms with Gasteiger partial charge < -0.3 is 14.4 Å². The summed E-state index contributed by atoms with van der Waals surface area (Å²) >= 11 is 0. The Morgan fingerprint density at radius 1 is 1.27 bits per heavy atom. The Morgan fingerprint density at radius 3 is 2.86 bits per heavy atom. The highest BCUT2D eigenvalue weighted by Crippen LogP contribution is 2.24. The molecule has 7 heteroatoms. The van der Waals surface area contributed by atoms with Crippen molar-refractivity contribution >= 4 is 5.95 Å². The van der Waals surface area contributed by atoms with Crippen LogP contribution in [0.5, 0.6) is 0 Å². The molecule has 2 saturated heterocycles. The summed E-state index contributed by atoms with van der Waals surface area (Å²) < 4.78 is 24.8. The van der Waals surface area contributed by atoms with Gasteiger partial charge in [0.05, 0.1) is 38.8 Å². The lowest BCUT2D eigenvalue weighted by Crippen LogP contribution is -2.59. The van der Waals surface area contributed by atoms with E-state index in [9.17, 15) is 4.39 Å². The molecule has 6 nitrogen and oxygen atoms in total. The van der Waals surface area contributed by atoms with Crippen molar-refractivity contribution in [2.75, 3.05) is 57.4 Å².